The Bertz CT molecular complexity index is 502. The van der Waals surface area contributed by atoms with Crippen molar-refractivity contribution < 1.29 is 9.53 Å². The average Bonchev–Trinajstić information content (AvgIpc) is 2.53. The Labute approximate surface area is 127 Å². The van der Waals surface area contributed by atoms with Crippen LogP contribution in [0.4, 0.5) is 0 Å². The van der Waals surface area contributed by atoms with Gasteiger partial charge in [-0.3, -0.25) is 4.79 Å². The van der Waals surface area contributed by atoms with Crippen molar-refractivity contribution in [3.8, 4) is 5.75 Å². The van der Waals surface area contributed by atoms with Crippen LogP contribution in [0.1, 0.15) is 41.6 Å². The third kappa shape index (κ3) is 3.38. The molecule has 0 saturated heterocycles. The molecule has 4 nitrogen and oxygen atoms in total. The van der Waals surface area contributed by atoms with E-state index in [-0.39, 0.29) is 11.9 Å². The van der Waals surface area contributed by atoms with Crippen LogP contribution in [-0.4, -0.2) is 37.6 Å². The van der Waals surface area contributed by atoms with Crippen LogP contribution in [0.5, 0.6) is 5.75 Å². The van der Waals surface area contributed by atoms with Gasteiger partial charge in [0.2, 0.25) is 0 Å². The van der Waals surface area contributed by atoms with Crippen molar-refractivity contribution in [3.63, 3.8) is 0 Å². The maximum absolute atomic E-state index is 12.8. The largest absolute Gasteiger partial charge is 0.496 e. The lowest BCUT2D eigenvalue weighted by Crippen LogP contribution is -2.46. The monoisotopic (exact) mass is 290 g/mol. The predicted octanol–water partition coefficient (Wildman–Crippen LogP) is 2.59. The maximum Gasteiger partial charge on any atom is 0.257 e. The number of amides is 1. The molecular formula is C17H26N2O2. The summed E-state index contributed by atoms with van der Waals surface area (Å²) in [6, 6.07) is 5.95. The van der Waals surface area contributed by atoms with E-state index < -0.39 is 0 Å². The SMILES string of the molecule is COc1ccc(C)cc1C(=O)N(C)C1CCCCC1CN. The molecule has 0 heterocycles. The first-order valence-corrected chi connectivity index (χ1v) is 7.70. The average molecular weight is 290 g/mol. The number of nitrogens with zero attached hydrogens (tertiary/aromatic N) is 1. The molecule has 0 radical (unpaired) electrons. The van der Waals surface area contributed by atoms with Crippen molar-refractivity contribution in [1.82, 2.24) is 4.90 Å². The van der Waals surface area contributed by atoms with Gasteiger partial charge in [0.15, 0.2) is 0 Å². The summed E-state index contributed by atoms with van der Waals surface area (Å²) in [5.74, 6) is 1.07. The summed E-state index contributed by atoms with van der Waals surface area (Å²) in [7, 11) is 3.49. The van der Waals surface area contributed by atoms with E-state index in [1.165, 1.54) is 12.8 Å². The molecule has 116 valence electrons. The number of hydrogen-bond donors (Lipinski definition) is 1. The van der Waals surface area contributed by atoms with Gasteiger partial charge in [0.05, 0.1) is 12.7 Å². The molecule has 1 saturated carbocycles. The minimum absolute atomic E-state index is 0.0286. The number of carbonyl (C=O) groups excluding carboxylic acids is 1. The van der Waals surface area contributed by atoms with Crippen molar-refractivity contribution in [2.75, 3.05) is 20.7 Å². The van der Waals surface area contributed by atoms with E-state index in [4.69, 9.17) is 10.5 Å². The lowest BCUT2D eigenvalue weighted by atomic mass is 9.83. The van der Waals surface area contributed by atoms with Crippen molar-refractivity contribution >= 4 is 5.91 Å². The maximum atomic E-state index is 12.8. The molecule has 0 spiro atoms. The number of carbonyl (C=O) groups is 1. The van der Waals surface area contributed by atoms with Crippen LogP contribution in [-0.2, 0) is 0 Å². The minimum Gasteiger partial charge on any atom is -0.496 e. The van der Waals surface area contributed by atoms with Gasteiger partial charge in [-0.2, -0.15) is 0 Å². The zero-order valence-electron chi connectivity index (χ0n) is 13.3. The minimum atomic E-state index is 0.0286. The van der Waals surface area contributed by atoms with E-state index >= 15 is 0 Å². The number of aryl methyl sites for hydroxylation is 1. The highest BCUT2D eigenvalue weighted by atomic mass is 16.5. The van der Waals surface area contributed by atoms with Gasteiger partial charge in [-0.05, 0) is 44.4 Å². The van der Waals surface area contributed by atoms with Crippen LogP contribution in [0, 0.1) is 12.8 Å². The summed E-state index contributed by atoms with van der Waals surface area (Å²) in [5.41, 5.74) is 7.59. The molecule has 1 aromatic carbocycles. The summed E-state index contributed by atoms with van der Waals surface area (Å²) < 4.78 is 5.34. The van der Waals surface area contributed by atoms with Crippen molar-refractivity contribution in [1.29, 1.82) is 0 Å². The number of nitrogens with two attached hydrogens (primary N) is 1. The van der Waals surface area contributed by atoms with E-state index in [2.05, 4.69) is 0 Å². The third-order valence-corrected chi connectivity index (χ3v) is 4.57. The van der Waals surface area contributed by atoms with Gasteiger partial charge >= 0.3 is 0 Å². The first-order valence-electron chi connectivity index (χ1n) is 7.70. The fourth-order valence-corrected chi connectivity index (χ4v) is 3.30. The summed E-state index contributed by atoms with van der Waals surface area (Å²) in [6.07, 6.45) is 4.54. The number of benzene rings is 1. The highest BCUT2D eigenvalue weighted by molar-refractivity contribution is 5.97. The van der Waals surface area contributed by atoms with Crippen LogP contribution in [0.15, 0.2) is 18.2 Å². The zero-order chi connectivity index (χ0) is 15.4. The van der Waals surface area contributed by atoms with E-state index in [0.29, 0.717) is 23.8 Å². The van der Waals surface area contributed by atoms with Gasteiger partial charge in [-0.25, -0.2) is 0 Å². The van der Waals surface area contributed by atoms with E-state index in [1.54, 1.807) is 7.11 Å². The Morgan fingerprint density at radius 3 is 2.76 bits per heavy atom. The Balaban J connectivity index is 2.24. The molecule has 4 heteroatoms. The van der Waals surface area contributed by atoms with E-state index in [0.717, 1.165) is 18.4 Å². The first kappa shape index (κ1) is 15.8. The van der Waals surface area contributed by atoms with Gasteiger partial charge in [0.25, 0.3) is 5.91 Å². The molecule has 1 amide bonds. The van der Waals surface area contributed by atoms with Crippen LogP contribution in [0.2, 0.25) is 0 Å². The van der Waals surface area contributed by atoms with Crippen LogP contribution in [0.25, 0.3) is 0 Å². The van der Waals surface area contributed by atoms with Crippen LogP contribution >= 0.6 is 0 Å². The Morgan fingerprint density at radius 1 is 1.38 bits per heavy atom. The lowest BCUT2D eigenvalue weighted by molar-refractivity contribution is 0.0617. The Kier molecular flexibility index (Phi) is 5.23. The summed E-state index contributed by atoms with van der Waals surface area (Å²) in [5, 5.41) is 0. The first-order chi connectivity index (χ1) is 10.1. The number of rotatable bonds is 4. The predicted molar refractivity (Wildman–Crippen MR) is 84.6 cm³/mol. The lowest BCUT2D eigenvalue weighted by Gasteiger charge is -2.37. The van der Waals surface area contributed by atoms with Gasteiger partial charge < -0.3 is 15.4 Å². The second-order valence-corrected chi connectivity index (χ2v) is 5.97. The van der Waals surface area contributed by atoms with Gasteiger partial charge in [0, 0.05) is 13.1 Å². The van der Waals surface area contributed by atoms with Crippen LogP contribution < -0.4 is 10.5 Å². The smallest absolute Gasteiger partial charge is 0.257 e. The molecule has 1 aliphatic carbocycles. The van der Waals surface area contributed by atoms with Crippen molar-refractivity contribution in [2.24, 2.45) is 11.7 Å². The number of methoxy groups -OCH3 is 1. The quantitative estimate of drug-likeness (QED) is 0.927. The van der Waals surface area contributed by atoms with E-state index in [9.17, 15) is 4.79 Å². The Hall–Kier alpha value is -1.55. The molecule has 2 unspecified atom stereocenters. The second-order valence-electron chi connectivity index (χ2n) is 5.97. The molecular weight excluding hydrogens is 264 g/mol. The fourth-order valence-electron chi connectivity index (χ4n) is 3.30. The highest BCUT2D eigenvalue weighted by Gasteiger charge is 2.31. The molecule has 1 aliphatic rings. The molecule has 21 heavy (non-hydrogen) atoms. The summed E-state index contributed by atoms with van der Waals surface area (Å²) in [4.78, 5) is 14.7. The highest BCUT2D eigenvalue weighted by Crippen LogP contribution is 2.29. The summed E-state index contributed by atoms with van der Waals surface area (Å²) in [6.45, 7) is 2.63. The van der Waals surface area contributed by atoms with Crippen molar-refractivity contribution in [3.05, 3.63) is 29.3 Å². The van der Waals surface area contributed by atoms with Crippen molar-refractivity contribution in [2.45, 2.75) is 38.6 Å². The molecule has 1 fully saturated rings. The summed E-state index contributed by atoms with van der Waals surface area (Å²) >= 11 is 0. The molecule has 2 N–H and O–H groups in total. The third-order valence-electron chi connectivity index (χ3n) is 4.57. The van der Waals surface area contributed by atoms with E-state index in [1.807, 2.05) is 37.1 Å². The molecule has 2 rings (SSSR count). The van der Waals surface area contributed by atoms with Gasteiger partial charge in [-0.1, -0.05) is 24.5 Å². The second kappa shape index (κ2) is 6.94. The number of hydrogen-bond acceptors (Lipinski definition) is 3. The molecule has 0 aliphatic heterocycles. The molecule has 1 aromatic rings. The fraction of sp³-hybridized carbons (Fsp3) is 0.588. The molecule has 0 aromatic heterocycles. The topological polar surface area (TPSA) is 55.6 Å². The van der Waals surface area contributed by atoms with Gasteiger partial charge in [0.1, 0.15) is 5.75 Å². The molecule has 0 bridgehead atoms. The Morgan fingerprint density at radius 2 is 2.10 bits per heavy atom. The number of ether oxygens (including phenoxy) is 1. The normalized spacial score (nSPS) is 21.9. The molecule has 2 atom stereocenters. The van der Waals surface area contributed by atoms with Crippen LogP contribution in [0.3, 0.4) is 0 Å². The van der Waals surface area contributed by atoms with Gasteiger partial charge in [-0.15, -0.1) is 0 Å². The zero-order valence-corrected chi connectivity index (χ0v) is 13.3. The standard InChI is InChI=1S/C17H26N2O2/c1-12-8-9-16(21-3)14(10-12)17(20)19(2)15-7-5-4-6-13(15)11-18/h8-10,13,15H,4-7,11,18H2,1-3H3.